The second kappa shape index (κ2) is 6.64. The zero-order valence-corrected chi connectivity index (χ0v) is 9.93. The number of furan rings is 1. The van der Waals surface area contributed by atoms with Gasteiger partial charge >= 0.3 is 0 Å². The van der Waals surface area contributed by atoms with E-state index in [0.29, 0.717) is 6.61 Å². The van der Waals surface area contributed by atoms with E-state index in [4.69, 9.17) is 9.15 Å². The van der Waals surface area contributed by atoms with Gasteiger partial charge in [0, 0.05) is 6.61 Å². The number of aryl methyl sites for hydroxylation is 1. The van der Waals surface area contributed by atoms with Crippen LogP contribution in [0, 0.1) is 6.92 Å². The number of hydrogen-bond donors (Lipinski definition) is 1. The molecule has 1 aromatic rings. The summed E-state index contributed by atoms with van der Waals surface area (Å²) in [5, 5.41) is 3.25. The van der Waals surface area contributed by atoms with Crippen molar-refractivity contribution < 1.29 is 9.15 Å². The van der Waals surface area contributed by atoms with E-state index in [1.165, 1.54) is 5.56 Å². The molecule has 86 valence electrons. The van der Waals surface area contributed by atoms with E-state index in [9.17, 15) is 0 Å². The van der Waals surface area contributed by atoms with Crippen molar-refractivity contribution in [3.8, 4) is 0 Å². The minimum atomic E-state index is 0.584. The topological polar surface area (TPSA) is 34.4 Å². The summed E-state index contributed by atoms with van der Waals surface area (Å²) in [4.78, 5) is 0. The van der Waals surface area contributed by atoms with Crippen LogP contribution in [-0.4, -0.2) is 13.2 Å². The van der Waals surface area contributed by atoms with Crippen LogP contribution in [0.3, 0.4) is 0 Å². The molecule has 1 aromatic heterocycles. The molecule has 3 nitrogen and oxygen atoms in total. The van der Waals surface area contributed by atoms with Crippen molar-refractivity contribution in [1.82, 2.24) is 5.32 Å². The normalized spacial score (nSPS) is 10.9. The average Bonchev–Trinajstić information content (AvgIpc) is 2.57. The molecule has 0 bridgehead atoms. The maximum absolute atomic E-state index is 5.68. The van der Waals surface area contributed by atoms with Crippen molar-refractivity contribution in [2.24, 2.45) is 0 Å². The maximum Gasteiger partial charge on any atom is 0.130 e. The summed E-state index contributed by atoms with van der Waals surface area (Å²) in [5.74, 6) is 1.95. The Morgan fingerprint density at radius 2 is 2.20 bits per heavy atom. The van der Waals surface area contributed by atoms with Crippen LogP contribution in [0.1, 0.15) is 37.4 Å². The third-order valence-electron chi connectivity index (χ3n) is 2.20. The molecular weight excluding hydrogens is 190 g/mol. The minimum absolute atomic E-state index is 0.584. The summed E-state index contributed by atoms with van der Waals surface area (Å²) < 4.78 is 11.1. The third kappa shape index (κ3) is 4.06. The minimum Gasteiger partial charge on any atom is -0.462 e. The molecule has 15 heavy (non-hydrogen) atoms. The van der Waals surface area contributed by atoms with Gasteiger partial charge in [-0.1, -0.05) is 13.8 Å². The molecule has 0 saturated carbocycles. The number of ether oxygens (including phenoxy) is 1. The van der Waals surface area contributed by atoms with Crippen LogP contribution in [0.2, 0.25) is 0 Å². The summed E-state index contributed by atoms with van der Waals surface area (Å²) in [7, 11) is 0. The first-order chi connectivity index (χ1) is 7.27. The van der Waals surface area contributed by atoms with Gasteiger partial charge < -0.3 is 14.5 Å². The first-order valence-corrected chi connectivity index (χ1v) is 5.64. The Bertz CT molecular complexity index is 281. The molecule has 0 aromatic carbocycles. The fourth-order valence-electron chi connectivity index (χ4n) is 1.39. The van der Waals surface area contributed by atoms with Crippen molar-refractivity contribution >= 4 is 0 Å². The van der Waals surface area contributed by atoms with Crippen molar-refractivity contribution in [2.75, 3.05) is 13.2 Å². The molecule has 0 spiro atoms. The van der Waals surface area contributed by atoms with E-state index in [2.05, 4.69) is 32.2 Å². The molecule has 0 unspecified atom stereocenters. The van der Waals surface area contributed by atoms with Crippen LogP contribution in [0.15, 0.2) is 10.5 Å². The number of nitrogens with one attached hydrogen (secondary N) is 1. The summed E-state index contributed by atoms with van der Waals surface area (Å²) in [6.45, 7) is 9.40. The van der Waals surface area contributed by atoms with E-state index >= 15 is 0 Å². The molecule has 0 amide bonds. The highest BCUT2D eigenvalue weighted by atomic mass is 16.5. The Kier molecular flexibility index (Phi) is 5.43. The monoisotopic (exact) mass is 211 g/mol. The largest absolute Gasteiger partial charge is 0.462 e. The molecule has 0 aliphatic carbocycles. The van der Waals surface area contributed by atoms with Crippen molar-refractivity contribution in [3.05, 3.63) is 23.2 Å². The summed E-state index contributed by atoms with van der Waals surface area (Å²) in [6, 6.07) is 2.06. The predicted octanol–water partition coefficient (Wildman–Crippen LogP) is 2.62. The first kappa shape index (κ1) is 12.3. The van der Waals surface area contributed by atoms with Crippen LogP contribution in [0.25, 0.3) is 0 Å². The lowest BCUT2D eigenvalue weighted by atomic mass is 10.2. The highest BCUT2D eigenvalue weighted by Gasteiger charge is 2.06. The van der Waals surface area contributed by atoms with Crippen LogP contribution in [0.4, 0.5) is 0 Å². The third-order valence-corrected chi connectivity index (χ3v) is 2.20. The number of hydrogen-bond acceptors (Lipinski definition) is 3. The molecule has 1 N–H and O–H groups in total. The Morgan fingerprint density at radius 1 is 1.40 bits per heavy atom. The smallest absolute Gasteiger partial charge is 0.130 e. The zero-order chi connectivity index (χ0) is 11.1. The standard InChI is InChI=1S/C12H21NO2/c1-4-6-14-9-11-7-10(3)12(15-11)8-13-5-2/h7,13H,4-6,8-9H2,1-3H3. The highest BCUT2D eigenvalue weighted by Crippen LogP contribution is 2.15. The van der Waals surface area contributed by atoms with E-state index in [-0.39, 0.29) is 0 Å². The van der Waals surface area contributed by atoms with Gasteiger partial charge in [-0.25, -0.2) is 0 Å². The van der Waals surface area contributed by atoms with Crippen molar-refractivity contribution in [3.63, 3.8) is 0 Å². The molecule has 0 aliphatic rings. The van der Waals surface area contributed by atoms with E-state index in [0.717, 1.165) is 37.6 Å². The molecule has 0 saturated heterocycles. The van der Waals surface area contributed by atoms with Gasteiger partial charge in [0.1, 0.15) is 18.1 Å². The Hall–Kier alpha value is -0.800. The van der Waals surface area contributed by atoms with E-state index in [1.54, 1.807) is 0 Å². The summed E-state index contributed by atoms with van der Waals surface area (Å²) in [6.07, 6.45) is 1.05. The first-order valence-electron chi connectivity index (χ1n) is 5.64. The SMILES string of the molecule is CCCOCc1cc(C)c(CNCC)o1. The Balaban J connectivity index is 2.45. The van der Waals surface area contributed by atoms with Crippen LogP contribution < -0.4 is 5.32 Å². The molecule has 0 atom stereocenters. The molecule has 0 fully saturated rings. The molecular formula is C12H21NO2. The van der Waals surface area contributed by atoms with Gasteiger partial charge in [0.25, 0.3) is 0 Å². The Labute approximate surface area is 91.8 Å². The second-order valence-electron chi connectivity index (χ2n) is 3.65. The zero-order valence-electron chi connectivity index (χ0n) is 9.93. The van der Waals surface area contributed by atoms with Crippen LogP contribution in [-0.2, 0) is 17.9 Å². The molecule has 1 rings (SSSR count). The summed E-state index contributed by atoms with van der Waals surface area (Å²) in [5.41, 5.74) is 1.20. The van der Waals surface area contributed by atoms with Gasteiger partial charge in [-0.2, -0.15) is 0 Å². The van der Waals surface area contributed by atoms with Crippen molar-refractivity contribution in [2.45, 2.75) is 40.3 Å². The lowest BCUT2D eigenvalue weighted by Gasteiger charge is -2.00. The van der Waals surface area contributed by atoms with Crippen LogP contribution in [0.5, 0.6) is 0 Å². The van der Waals surface area contributed by atoms with Gasteiger partial charge in [0.05, 0.1) is 6.54 Å². The van der Waals surface area contributed by atoms with Gasteiger partial charge in [-0.3, -0.25) is 0 Å². The maximum atomic E-state index is 5.68. The van der Waals surface area contributed by atoms with Gasteiger partial charge in [-0.05, 0) is 31.5 Å². The van der Waals surface area contributed by atoms with Crippen LogP contribution >= 0.6 is 0 Å². The van der Waals surface area contributed by atoms with E-state index < -0.39 is 0 Å². The van der Waals surface area contributed by atoms with Gasteiger partial charge in [0.15, 0.2) is 0 Å². The molecule has 1 heterocycles. The summed E-state index contributed by atoms with van der Waals surface area (Å²) >= 11 is 0. The molecule has 3 heteroatoms. The average molecular weight is 211 g/mol. The lowest BCUT2D eigenvalue weighted by Crippen LogP contribution is -2.11. The fraction of sp³-hybridized carbons (Fsp3) is 0.667. The number of rotatable bonds is 7. The Morgan fingerprint density at radius 3 is 2.87 bits per heavy atom. The highest BCUT2D eigenvalue weighted by molar-refractivity contribution is 5.19. The van der Waals surface area contributed by atoms with Gasteiger partial charge in [0.2, 0.25) is 0 Å². The van der Waals surface area contributed by atoms with Crippen molar-refractivity contribution in [1.29, 1.82) is 0 Å². The molecule has 0 aliphatic heterocycles. The quantitative estimate of drug-likeness (QED) is 0.704. The predicted molar refractivity (Wildman–Crippen MR) is 60.8 cm³/mol. The lowest BCUT2D eigenvalue weighted by molar-refractivity contribution is 0.106. The second-order valence-corrected chi connectivity index (χ2v) is 3.65. The van der Waals surface area contributed by atoms with E-state index in [1.807, 2.05) is 0 Å². The van der Waals surface area contributed by atoms with Gasteiger partial charge in [-0.15, -0.1) is 0 Å². The molecule has 0 radical (unpaired) electrons. The fourth-order valence-corrected chi connectivity index (χ4v) is 1.39.